The predicted octanol–water partition coefficient (Wildman–Crippen LogP) is 1.11. The van der Waals surface area contributed by atoms with Gasteiger partial charge in [0.1, 0.15) is 0 Å². The molecule has 0 radical (unpaired) electrons. The zero-order valence-corrected chi connectivity index (χ0v) is 9.43. The Bertz CT molecular complexity index is 501. The van der Waals surface area contributed by atoms with E-state index < -0.39 is 10.0 Å². The minimum absolute atomic E-state index is 0.213. The van der Waals surface area contributed by atoms with Crippen LogP contribution in [0, 0.1) is 25.2 Å². The van der Waals surface area contributed by atoms with Gasteiger partial charge < -0.3 is 0 Å². The van der Waals surface area contributed by atoms with Crippen LogP contribution in [0.25, 0.3) is 0 Å². The van der Waals surface area contributed by atoms with E-state index in [4.69, 9.17) is 5.26 Å². The number of aryl methyl sites for hydroxylation is 2. The molecule has 0 aliphatic heterocycles. The average molecular weight is 224 g/mol. The number of hydrogen-bond donors (Lipinski definition) is 1. The molecule has 0 spiro atoms. The molecule has 80 valence electrons. The van der Waals surface area contributed by atoms with Crippen molar-refractivity contribution in [2.45, 2.75) is 18.7 Å². The standard InChI is InChI=1S/C10H12N2O2S/c1-8-3-4-9(2)10(7-8)15(13,14)12-6-5-11/h3-4,7,12H,6H2,1-2H3. The summed E-state index contributed by atoms with van der Waals surface area (Å²) in [5.74, 6) is 0. The number of sulfonamides is 1. The third-order valence-electron chi connectivity index (χ3n) is 1.97. The molecule has 0 heterocycles. The summed E-state index contributed by atoms with van der Waals surface area (Å²) < 4.78 is 25.6. The first kappa shape index (κ1) is 11.7. The molecular formula is C10H12N2O2S. The van der Waals surface area contributed by atoms with E-state index in [1.807, 2.05) is 13.0 Å². The second-order valence-corrected chi connectivity index (χ2v) is 4.99. The maximum absolute atomic E-state index is 11.7. The molecule has 0 saturated heterocycles. The third-order valence-corrected chi connectivity index (χ3v) is 3.52. The van der Waals surface area contributed by atoms with Crippen molar-refractivity contribution in [3.8, 4) is 6.07 Å². The lowest BCUT2D eigenvalue weighted by Gasteiger charge is -2.07. The molecule has 4 nitrogen and oxygen atoms in total. The van der Waals surface area contributed by atoms with E-state index in [9.17, 15) is 8.42 Å². The average Bonchev–Trinajstić information content (AvgIpc) is 2.18. The molecule has 1 aromatic carbocycles. The lowest BCUT2D eigenvalue weighted by atomic mass is 10.2. The van der Waals surface area contributed by atoms with Crippen molar-refractivity contribution in [1.29, 1.82) is 5.26 Å². The van der Waals surface area contributed by atoms with Crippen molar-refractivity contribution in [3.05, 3.63) is 29.3 Å². The number of nitriles is 1. The predicted molar refractivity (Wildman–Crippen MR) is 56.7 cm³/mol. The molecule has 0 atom stereocenters. The summed E-state index contributed by atoms with van der Waals surface area (Å²) in [6.07, 6.45) is 0. The van der Waals surface area contributed by atoms with Gasteiger partial charge in [0.2, 0.25) is 10.0 Å². The molecule has 0 unspecified atom stereocenters. The minimum atomic E-state index is -3.55. The van der Waals surface area contributed by atoms with Crippen LogP contribution in [-0.4, -0.2) is 15.0 Å². The summed E-state index contributed by atoms with van der Waals surface area (Å²) in [4.78, 5) is 0.234. The molecule has 0 aromatic heterocycles. The Morgan fingerprint density at radius 1 is 1.40 bits per heavy atom. The van der Waals surface area contributed by atoms with Gasteiger partial charge in [0.15, 0.2) is 0 Å². The molecule has 0 amide bonds. The maximum Gasteiger partial charge on any atom is 0.241 e. The molecular weight excluding hydrogens is 212 g/mol. The van der Waals surface area contributed by atoms with Crippen LogP contribution in [0.15, 0.2) is 23.1 Å². The number of rotatable bonds is 3. The second-order valence-electron chi connectivity index (χ2n) is 3.25. The first-order valence-electron chi connectivity index (χ1n) is 4.41. The first-order chi connectivity index (χ1) is 6.97. The Morgan fingerprint density at radius 3 is 2.67 bits per heavy atom. The van der Waals surface area contributed by atoms with Gasteiger partial charge in [-0.1, -0.05) is 12.1 Å². The monoisotopic (exact) mass is 224 g/mol. The topological polar surface area (TPSA) is 70.0 Å². The highest BCUT2D eigenvalue weighted by Crippen LogP contribution is 2.16. The van der Waals surface area contributed by atoms with Gasteiger partial charge in [0, 0.05) is 0 Å². The highest BCUT2D eigenvalue weighted by molar-refractivity contribution is 7.89. The van der Waals surface area contributed by atoms with Gasteiger partial charge in [-0.05, 0) is 31.0 Å². The third kappa shape index (κ3) is 2.78. The van der Waals surface area contributed by atoms with Crippen LogP contribution in [0.2, 0.25) is 0 Å². The first-order valence-corrected chi connectivity index (χ1v) is 5.89. The molecule has 1 N–H and O–H groups in total. The summed E-state index contributed by atoms with van der Waals surface area (Å²) in [5, 5.41) is 8.32. The van der Waals surface area contributed by atoms with E-state index in [-0.39, 0.29) is 11.4 Å². The molecule has 0 saturated carbocycles. The van der Waals surface area contributed by atoms with Crippen molar-refractivity contribution >= 4 is 10.0 Å². The van der Waals surface area contributed by atoms with E-state index >= 15 is 0 Å². The normalized spacial score (nSPS) is 11.0. The van der Waals surface area contributed by atoms with Crippen LogP contribution in [0.1, 0.15) is 11.1 Å². The zero-order chi connectivity index (χ0) is 11.5. The maximum atomic E-state index is 11.7. The highest BCUT2D eigenvalue weighted by Gasteiger charge is 2.15. The van der Waals surface area contributed by atoms with Crippen LogP contribution < -0.4 is 4.72 Å². The fraction of sp³-hybridized carbons (Fsp3) is 0.300. The SMILES string of the molecule is Cc1ccc(C)c(S(=O)(=O)NCC#N)c1. The Labute approximate surface area is 89.6 Å². The van der Waals surface area contributed by atoms with Crippen LogP contribution in [0.4, 0.5) is 0 Å². The van der Waals surface area contributed by atoms with Gasteiger partial charge >= 0.3 is 0 Å². The highest BCUT2D eigenvalue weighted by atomic mass is 32.2. The number of hydrogen-bond acceptors (Lipinski definition) is 3. The van der Waals surface area contributed by atoms with Gasteiger partial charge in [-0.2, -0.15) is 9.98 Å². The Morgan fingerprint density at radius 2 is 2.07 bits per heavy atom. The van der Waals surface area contributed by atoms with Gasteiger partial charge in [-0.3, -0.25) is 0 Å². The van der Waals surface area contributed by atoms with Crippen molar-refractivity contribution in [1.82, 2.24) is 4.72 Å². The van der Waals surface area contributed by atoms with Crippen LogP contribution in [-0.2, 0) is 10.0 Å². The van der Waals surface area contributed by atoms with Crippen LogP contribution in [0.3, 0.4) is 0 Å². The number of nitrogens with zero attached hydrogens (tertiary/aromatic N) is 1. The largest absolute Gasteiger partial charge is 0.241 e. The van der Waals surface area contributed by atoms with Crippen LogP contribution >= 0.6 is 0 Å². The van der Waals surface area contributed by atoms with E-state index in [0.717, 1.165) is 5.56 Å². The minimum Gasteiger partial charge on any atom is -0.207 e. The van der Waals surface area contributed by atoms with E-state index in [1.54, 1.807) is 25.1 Å². The van der Waals surface area contributed by atoms with Crippen molar-refractivity contribution in [3.63, 3.8) is 0 Å². The molecule has 1 aromatic rings. The lowest BCUT2D eigenvalue weighted by Crippen LogP contribution is -2.24. The van der Waals surface area contributed by atoms with Crippen molar-refractivity contribution < 1.29 is 8.42 Å². The van der Waals surface area contributed by atoms with E-state index in [1.165, 1.54) is 0 Å². The lowest BCUT2D eigenvalue weighted by molar-refractivity contribution is 0.585. The van der Waals surface area contributed by atoms with Crippen molar-refractivity contribution in [2.24, 2.45) is 0 Å². The molecule has 0 aliphatic rings. The summed E-state index contributed by atoms with van der Waals surface area (Å²) in [7, 11) is -3.55. The van der Waals surface area contributed by atoms with Gasteiger partial charge in [0.25, 0.3) is 0 Å². The summed E-state index contributed by atoms with van der Waals surface area (Å²) >= 11 is 0. The van der Waals surface area contributed by atoms with E-state index in [0.29, 0.717) is 5.56 Å². The summed E-state index contributed by atoms with van der Waals surface area (Å²) in [6.45, 7) is 3.33. The van der Waals surface area contributed by atoms with Gasteiger partial charge in [0.05, 0.1) is 17.5 Å². The van der Waals surface area contributed by atoms with Gasteiger partial charge in [-0.15, -0.1) is 0 Å². The molecule has 0 aliphatic carbocycles. The Balaban J connectivity index is 3.16. The Hall–Kier alpha value is -1.38. The molecule has 15 heavy (non-hydrogen) atoms. The summed E-state index contributed by atoms with van der Waals surface area (Å²) in [5.41, 5.74) is 1.55. The fourth-order valence-corrected chi connectivity index (χ4v) is 2.44. The molecule has 0 fully saturated rings. The zero-order valence-electron chi connectivity index (χ0n) is 8.61. The summed E-state index contributed by atoms with van der Waals surface area (Å²) in [6, 6.07) is 6.92. The molecule has 0 bridgehead atoms. The molecule has 1 rings (SSSR count). The quantitative estimate of drug-likeness (QED) is 0.782. The fourth-order valence-electron chi connectivity index (χ4n) is 1.20. The Kier molecular flexibility index (Phi) is 3.45. The van der Waals surface area contributed by atoms with Crippen molar-refractivity contribution in [2.75, 3.05) is 6.54 Å². The second kappa shape index (κ2) is 4.43. The number of nitrogens with one attached hydrogen (secondary N) is 1. The van der Waals surface area contributed by atoms with Gasteiger partial charge in [-0.25, -0.2) is 8.42 Å². The smallest absolute Gasteiger partial charge is 0.207 e. The number of benzene rings is 1. The molecule has 5 heteroatoms. The van der Waals surface area contributed by atoms with E-state index in [2.05, 4.69) is 4.72 Å². The van der Waals surface area contributed by atoms with Crippen LogP contribution in [0.5, 0.6) is 0 Å².